The highest BCUT2D eigenvalue weighted by Gasteiger charge is 2.09. The van der Waals surface area contributed by atoms with Crippen LogP contribution in [0.4, 0.5) is 10.5 Å². The van der Waals surface area contributed by atoms with Crippen LogP contribution in [0.25, 0.3) is 0 Å². The highest BCUT2D eigenvalue weighted by Crippen LogP contribution is 2.23. The van der Waals surface area contributed by atoms with Crippen LogP contribution in [-0.4, -0.2) is 26.4 Å². The standard InChI is InChI=1S/C16H16ClNO3/c1-18(13-7-3-2-4-8-13)11-12-20-16(19)21-15-10-6-5-9-14(15)17/h2-10H,11-12H2,1H3. The number of hydrogen-bond acceptors (Lipinski definition) is 4. The summed E-state index contributed by atoms with van der Waals surface area (Å²) in [7, 11) is 1.93. The molecule has 0 bridgehead atoms. The number of rotatable bonds is 5. The van der Waals surface area contributed by atoms with Gasteiger partial charge in [-0.2, -0.15) is 0 Å². The quantitative estimate of drug-likeness (QED) is 0.618. The summed E-state index contributed by atoms with van der Waals surface area (Å²) in [6.45, 7) is 0.802. The fourth-order valence-electron chi connectivity index (χ4n) is 1.72. The molecule has 0 aliphatic carbocycles. The Kier molecular flexibility index (Phi) is 5.46. The monoisotopic (exact) mass is 305 g/mol. The molecule has 0 aliphatic rings. The first-order chi connectivity index (χ1) is 10.2. The lowest BCUT2D eigenvalue weighted by atomic mass is 10.3. The fourth-order valence-corrected chi connectivity index (χ4v) is 1.90. The molecule has 0 spiro atoms. The van der Waals surface area contributed by atoms with Crippen LogP contribution in [0.1, 0.15) is 0 Å². The van der Waals surface area contributed by atoms with Gasteiger partial charge in [0.25, 0.3) is 0 Å². The van der Waals surface area contributed by atoms with Crippen LogP contribution in [0.3, 0.4) is 0 Å². The van der Waals surface area contributed by atoms with Crippen molar-refractivity contribution >= 4 is 23.4 Å². The van der Waals surface area contributed by atoms with Gasteiger partial charge in [0.1, 0.15) is 6.61 Å². The molecule has 4 nitrogen and oxygen atoms in total. The molecule has 0 N–H and O–H groups in total. The molecule has 2 aromatic carbocycles. The van der Waals surface area contributed by atoms with Gasteiger partial charge in [-0.3, -0.25) is 0 Å². The molecule has 0 aromatic heterocycles. The van der Waals surface area contributed by atoms with Crippen molar-refractivity contribution in [3.63, 3.8) is 0 Å². The molecule has 2 aromatic rings. The summed E-state index contributed by atoms with van der Waals surface area (Å²) >= 11 is 5.89. The van der Waals surface area contributed by atoms with Crippen LogP contribution >= 0.6 is 11.6 Å². The van der Waals surface area contributed by atoms with Gasteiger partial charge in [-0.25, -0.2) is 4.79 Å². The van der Waals surface area contributed by atoms with Gasteiger partial charge >= 0.3 is 6.16 Å². The predicted molar refractivity (Wildman–Crippen MR) is 83.1 cm³/mol. The highest BCUT2D eigenvalue weighted by molar-refractivity contribution is 6.32. The first-order valence-corrected chi connectivity index (χ1v) is 6.90. The van der Waals surface area contributed by atoms with Gasteiger partial charge in [0.05, 0.1) is 11.6 Å². The van der Waals surface area contributed by atoms with Crippen molar-refractivity contribution in [2.45, 2.75) is 0 Å². The Bertz CT molecular complexity index is 589. The maximum absolute atomic E-state index is 11.6. The molecular formula is C16H16ClNO3. The Hall–Kier alpha value is -2.20. The molecule has 0 fully saturated rings. The van der Waals surface area contributed by atoms with Crippen LogP contribution in [-0.2, 0) is 4.74 Å². The molecule has 0 saturated carbocycles. The molecule has 0 radical (unpaired) electrons. The lowest BCUT2D eigenvalue weighted by molar-refractivity contribution is 0.102. The normalized spacial score (nSPS) is 10.0. The summed E-state index contributed by atoms with van der Waals surface area (Å²) in [4.78, 5) is 13.5. The van der Waals surface area contributed by atoms with E-state index in [0.717, 1.165) is 5.69 Å². The van der Waals surface area contributed by atoms with Crippen LogP contribution in [0.2, 0.25) is 5.02 Å². The second-order valence-electron chi connectivity index (χ2n) is 4.39. The predicted octanol–water partition coefficient (Wildman–Crippen LogP) is 3.99. The zero-order chi connectivity index (χ0) is 15.1. The number of carbonyl (C=O) groups is 1. The van der Waals surface area contributed by atoms with Crippen LogP contribution in [0.5, 0.6) is 5.75 Å². The minimum absolute atomic E-state index is 0.231. The zero-order valence-electron chi connectivity index (χ0n) is 11.7. The van der Waals surface area contributed by atoms with E-state index in [-0.39, 0.29) is 6.61 Å². The van der Waals surface area contributed by atoms with Gasteiger partial charge in [0.15, 0.2) is 5.75 Å². The summed E-state index contributed by atoms with van der Waals surface area (Å²) in [5, 5.41) is 0.371. The summed E-state index contributed by atoms with van der Waals surface area (Å²) in [6, 6.07) is 16.6. The Labute approximate surface area is 128 Å². The summed E-state index contributed by atoms with van der Waals surface area (Å²) < 4.78 is 10.1. The minimum atomic E-state index is -0.760. The van der Waals surface area contributed by atoms with E-state index in [1.807, 2.05) is 42.3 Å². The van der Waals surface area contributed by atoms with Crippen molar-refractivity contribution in [1.82, 2.24) is 0 Å². The molecule has 110 valence electrons. The smallest absolute Gasteiger partial charge is 0.432 e. The molecular weight excluding hydrogens is 290 g/mol. The third-order valence-corrected chi connectivity index (χ3v) is 3.19. The topological polar surface area (TPSA) is 38.8 Å². The number of para-hydroxylation sites is 2. The van der Waals surface area contributed by atoms with E-state index in [1.54, 1.807) is 24.3 Å². The number of ether oxygens (including phenoxy) is 2. The molecule has 0 heterocycles. The van der Waals surface area contributed by atoms with Crippen molar-refractivity contribution in [1.29, 1.82) is 0 Å². The molecule has 0 saturated heterocycles. The van der Waals surface area contributed by atoms with Gasteiger partial charge in [-0.1, -0.05) is 41.9 Å². The average molecular weight is 306 g/mol. The Morgan fingerprint density at radius 2 is 1.76 bits per heavy atom. The van der Waals surface area contributed by atoms with Crippen LogP contribution in [0, 0.1) is 0 Å². The van der Waals surface area contributed by atoms with Gasteiger partial charge in [0, 0.05) is 12.7 Å². The number of halogens is 1. The van der Waals surface area contributed by atoms with Crippen molar-refractivity contribution in [2.75, 3.05) is 25.1 Å². The molecule has 0 amide bonds. The summed E-state index contributed by atoms with van der Waals surface area (Å²) in [6.07, 6.45) is -0.760. The number of carbonyl (C=O) groups excluding carboxylic acids is 1. The third kappa shape index (κ3) is 4.68. The maximum atomic E-state index is 11.6. The number of hydrogen-bond donors (Lipinski definition) is 0. The Morgan fingerprint density at radius 3 is 2.48 bits per heavy atom. The second-order valence-corrected chi connectivity index (χ2v) is 4.80. The number of anilines is 1. The lowest BCUT2D eigenvalue weighted by Gasteiger charge is -2.18. The minimum Gasteiger partial charge on any atom is -0.432 e. The van der Waals surface area contributed by atoms with Gasteiger partial charge < -0.3 is 14.4 Å². The fraction of sp³-hybridized carbons (Fsp3) is 0.188. The van der Waals surface area contributed by atoms with Crippen molar-refractivity contribution in [3.8, 4) is 5.75 Å². The maximum Gasteiger partial charge on any atom is 0.513 e. The molecule has 21 heavy (non-hydrogen) atoms. The average Bonchev–Trinajstić information content (AvgIpc) is 2.50. The highest BCUT2D eigenvalue weighted by atomic mass is 35.5. The third-order valence-electron chi connectivity index (χ3n) is 2.87. The summed E-state index contributed by atoms with van der Waals surface area (Å²) in [5.74, 6) is 0.292. The number of nitrogens with zero attached hydrogens (tertiary/aromatic N) is 1. The summed E-state index contributed by atoms with van der Waals surface area (Å²) in [5.41, 5.74) is 1.06. The Balaban J connectivity index is 1.76. The first kappa shape index (κ1) is 15.2. The van der Waals surface area contributed by atoms with E-state index in [4.69, 9.17) is 21.1 Å². The van der Waals surface area contributed by atoms with E-state index >= 15 is 0 Å². The van der Waals surface area contributed by atoms with Gasteiger partial charge in [-0.15, -0.1) is 0 Å². The van der Waals surface area contributed by atoms with Crippen molar-refractivity contribution in [3.05, 3.63) is 59.6 Å². The molecule has 2 rings (SSSR count). The molecule has 0 unspecified atom stereocenters. The van der Waals surface area contributed by atoms with E-state index < -0.39 is 6.16 Å². The zero-order valence-corrected chi connectivity index (χ0v) is 12.4. The number of benzene rings is 2. The molecule has 5 heteroatoms. The van der Waals surface area contributed by atoms with Crippen molar-refractivity contribution in [2.24, 2.45) is 0 Å². The van der Waals surface area contributed by atoms with Crippen molar-refractivity contribution < 1.29 is 14.3 Å². The SMILES string of the molecule is CN(CCOC(=O)Oc1ccccc1Cl)c1ccccc1. The van der Waals surface area contributed by atoms with E-state index in [0.29, 0.717) is 17.3 Å². The van der Waals surface area contributed by atoms with E-state index in [2.05, 4.69) is 0 Å². The van der Waals surface area contributed by atoms with E-state index in [1.165, 1.54) is 0 Å². The largest absolute Gasteiger partial charge is 0.513 e. The Morgan fingerprint density at radius 1 is 1.10 bits per heavy atom. The van der Waals surface area contributed by atoms with Crippen LogP contribution in [0.15, 0.2) is 54.6 Å². The van der Waals surface area contributed by atoms with Gasteiger partial charge in [-0.05, 0) is 24.3 Å². The second kappa shape index (κ2) is 7.55. The van der Waals surface area contributed by atoms with Crippen LogP contribution < -0.4 is 9.64 Å². The first-order valence-electron chi connectivity index (χ1n) is 6.52. The molecule has 0 aliphatic heterocycles. The number of likely N-dealkylation sites (N-methyl/N-ethyl adjacent to an activating group) is 1. The molecule has 0 atom stereocenters. The van der Waals surface area contributed by atoms with Gasteiger partial charge in [0.2, 0.25) is 0 Å². The lowest BCUT2D eigenvalue weighted by Crippen LogP contribution is -2.24. The van der Waals surface area contributed by atoms with E-state index in [9.17, 15) is 4.79 Å².